The van der Waals surface area contributed by atoms with E-state index in [2.05, 4.69) is 18.9 Å². The van der Waals surface area contributed by atoms with Gasteiger partial charge in [0.1, 0.15) is 0 Å². The average Bonchev–Trinajstić information content (AvgIpc) is 2.97. The molecule has 0 unspecified atom stereocenters. The van der Waals surface area contributed by atoms with E-state index in [1.807, 2.05) is 54.5 Å². The molecule has 1 amide bonds. The quantitative estimate of drug-likeness (QED) is 0.817. The van der Waals surface area contributed by atoms with Crippen LogP contribution in [-0.4, -0.2) is 27.6 Å². The summed E-state index contributed by atoms with van der Waals surface area (Å²) >= 11 is 0. The molecule has 0 radical (unpaired) electrons. The molecule has 21 heavy (non-hydrogen) atoms. The number of aromatic nitrogens is 2. The van der Waals surface area contributed by atoms with E-state index in [0.29, 0.717) is 6.54 Å². The zero-order valence-corrected chi connectivity index (χ0v) is 13.0. The minimum Gasteiger partial charge on any atom is -0.341 e. The van der Waals surface area contributed by atoms with Crippen molar-refractivity contribution in [1.29, 1.82) is 0 Å². The standard InChI is InChI=1S/C17H23N3O/c1-4-15(5-2)17(21)19(3)12-14-11-18-20(13-14)16-9-7-6-8-10-16/h6-11,13,15H,4-5,12H2,1-3H3. The molecule has 0 aliphatic rings. The first-order valence-corrected chi connectivity index (χ1v) is 7.49. The average molecular weight is 285 g/mol. The third-order valence-electron chi connectivity index (χ3n) is 3.79. The van der Waals surface area contributed by atoms with E-state index in [0.717, 1.165) is 24.1 Å². The van der Waals surface area contributed by atoms with Gasteiger partial charge in [-0.15, -0.1) is 0 Å². The summed E-state index contributed by atoms with van der Waals surface area (Å²) in [5, 5.41) is 4.36. The van der Waals surface area contributed by atoms with Crippen LogP contribution in [-0.2, 0) is 11.3 Å². The van der Waals surface area contributed by atoms with Crippen LogP contribution >= 0.6 is 0 Å². The number of hydrogen-bond donors (Lipinski definition) is 0. The number of carbonyl (C=O) groups excluding carboxylic acids is 1. The second-order valence-corrected chi connectivity index (χ2v) is 5.34. The van der Waals surface area contributed by atoms with Gasteiger partial charge in [0.25, 0.3) is 0 Å². The summed E-state index contributed by atoms with van der Waals surface area (Å²) in [6.07, 6.45) is 5.58. The van der Waals surface area contributed by atoms with E-state index in [1.165, 1.54) is 0 Å². The van der Waals surface area contributed by atoms with Crippen molar-refractivity contribution in [2.75, 3.05) is 7.05 Å². The molecule has 2 aromatic rings. The molecule has 0 saturated carbocycles. The van der Waals surface area contributed by atoms with Gasteiger partial charge in [-0.25, -0.2) is 4.68 Å². The van der Waals surface area contributed by atoms with Gasteiger partial charge in [0.15, 0.2) is 0 Å². The molecule has 0 fully saturated rings. The third kappa shape index (κ3) is 3.72. The molecule has 0 N–H and O–H groups in total. The molecule has 1 aromatic heterocycles. The summed E-state index contributed by atoms with van der Waals surface area (Å²) in [6.45, 7) is 4.73. The number of amides is 1. The molecule has 112 valence electrons. The van der Waals surface area contributed by atoms with Crippen molar-refractivity contribution >= 4 is 5.91 Å². The molecule has 0 aliphatic heterocycles. The Morgan fingerprint density at radius 2 is 1.90 bits per heavy atom. The van der Waals surface area contributed by atoms with Crippen molar-refractivity contribution in [3.05, 3.63) is 48.3 Å². The fourth-order valence-electron chi connectivity index (χ4n) is 2.47. The van der Waals surface area contributed by atoms with Crippen molar-refractivity contribution in [1.82, 2.24) is 14.7 Å². The number of hydrogen-bond acceptors (Lipinski definition) is 2. The van der Waals surface area contributed by atoms with Crippen molar-refractivity contribution in [3.63, 3.8) is 0 Å². The normalized spacial score (nSPS) is 10.9. The molecule has 1 heterocycles. The molecular weight excluding hydrogens is 262 g/mol. The van der Waals surface area contributed by atoms with Gasteiger partial charge in [-0.1, -0.05) is 32.0 Å². The van der Waals surface area contributed by atoms with Crippen molar-refractivity contribution in [3.8, 4) is 5.69 Å². The second-order valence-electron chi connectivity index (χ2n) is 5.34. The zero-order chi connectivity index (χ0) is 15.2. The lowest BCUT2D eigenvalue weighted by atomic mass is 10.0. The van der Waals surface area contributed by atoms with Gasteiger partial charge in [0.05, 0.1) is 11.9 Å². The monoisotopic (exact) mass is 285 g/mol. The predicted octanol–water partition coefficient (Wildman–Crippen LogP) is 3.27. The molecule has 4 nitrogen and oxygen atoms in total. The number of para-hydroxylation sites is 1. The molecule has 0 bridgehead atoms. The van der Waals surface area contributed by atoms with Crippen LogP contribution in [0.5, 0.6) is 0 Å². The summed E-state index contributed by atoms with van der Waals surface area (Å²) in [6, 6.07) is 9.97. The van der Waals surface area contributed by atoms with E-state index in [9.17, 15) is 4.79 Å². The molecule has 0 spiro atoms. The Bertz CT molecular complexity index is 573. The fraction of sp³-hybridized carbons (Fsp3) is 0.412. The molecule has 4 heteroatoms. The summed E-state index contributed by atoms with van der Waals surface area (Å²) in [5.74, 6) is 0.339. The van der Waals surface area contributed by atoms with Crippen LogP contribution in [0.3, 0.4) is 0 Å². The fourth-order valence-corrected chi connectivity index (χ4v) is 2.47. The molecule has 0 aliphatic carbocycles. The maximum absolute atomic E-state index is 12.3. The van der Waals surface area contributed by atoms with Gasteiger partial charge in [0.2, 0.25) is 5.91 Å². The summed E-state index contributed by atoms with van der Waals surface area (Å²) in [5.41, 5.74) is 2.07. The van der Waals surface area contributed by atoms with Gasteiger partial charge >= 0.3 is 0 Å². The van der Waals surface area contributed by atoms with E-state index in [4.69, 9.17) is 0 Å². The largest absolute Gasteiger partial charge is 0.341 e. The lowest BCUT2D eigenvalue weighted by Crippen LogP contribution is -2.31. The van der Waals surface area contributed by atoms with Crippen molar-refractivity contribution in [2.24, 2.45) is 5.92 Å². The first kappa shape index (κ1) is 15.3. The van der Waals surface area contributed by atoms with Crippen molar-refractivity contribution in [2.45, 2.75) is 33.2 Å². The van der Waals surface area contributed by atoms with E-state index in [1.54, 1.807) is 4.90 Å². The lowest BCUT2D eigenvalue weighted by Gasteiger charge is -2.21. The molecule has 0 saturated heterocycles. The van der Waals surface area contributed by atoms with Gasteiger partial charge in [0, 0.05) is 31.3 Å². The topological polar surface area (TPSA) is 38.1 Å². The highest BCUT2D eigenvalue weighted by Gasteiger charge is 2.18. The van der Waals surface area contributed by atoms with Gasteiger partial charge in [-0.05, 0) is 25.0 Å². The Labute approximate surface area is 126 Å². The molecule has 1 aromatic carbocycles. The minimum absolute atomic E-state index is 0.124. The maximum atomic E-state index is 12.3. The zero-order valence-electron chi connectivity index (χ0n) is 13.0. The van der Waals surface area contributed by atoms with Crippen molar-refractivity contribution < 1.29 is 4.79 Å². The summed E-state index contributed by atoms with van der Waals surface area (Å²) < 4.78 is 1.84. The molecule has 2 rings (SSSR count). The Morgan fingerprint density at radius 1 is 1.24 bits per heavy atom. The number of rotatable bonds is 6. The molecular formula is C17H23N3O. The van der Waals surface area contributed by atoms with Gasteiger partial charge in [-0.3, -0.25) is 4.79 Å². The third-order valence-corrected chi connectivity index (χ3v) is 3.79. The van der Waals surface area contributed by atoms with Gasteiger partial charge < -0.3 is 4.90 Å². The Morgan fingerprint density at radius 3 is 2.52 bits per heavy atom. The van der Waals surface area contributed by atoms with Crippen LogP contribution in [0.4, 0.5) is 0 Å². The van der Waals surface area contributed by atoms with Crippen LogP contribution in [0.1, 0.15) is 32.3 Å². The SMILES string of the molecule is CCC(CC)C(=O)N(C)Cc1cnn(-c2ccccc2)c1. The highest BCUT2D eigenvalue weighted by molar-refractivity contribution is 5.78. The summed E-state index contributed by atoms with van der Waals surface area (Å²) in [7, 11) is 1.86. The van der Waals surface area contributed by atoms with Crippen LogP contribution in [0.15, 0.2) is 42.7 Å². The van der Waals surface area contributed by atoms with Gasteiger partial charge in [-0.2, -0.15) is 5.10 Å². The first-order chi connectivity index (χ1) is 10.2. The predicted molar refractivity (Wildman–Crippen MR) is 84.1 cm³/mol. The number of carbonyl (C=O) groups is 1. The Kier molecular flexibility index (Phi) is 5.14. The Hall–Kier alpha value is -2.10. The highest BCUT2D eigenvalue weighted by atomic mass is 16.2. The smallest absolute Gasteiger partial charge is 0.225 e. The molecule has 0 atom stereocenters. The Balaban J connectivity index is 2.04. The first-order valence-electron chi connectivity index (χ1n) is 7.49. The van der Waals surface area contributed by atoms with E-state index < -0.39 is 0 Å². The maximum Gasteiger partial charge on any atom is 0.225 e. The van der Waals surface area contributed by atoms with E-state index >= 15 is 0 Å². The highest BCUT2D eigenvalue weighted by Crippen LogP contribution is 2.14. The van der Waals surface area contributed by atoms with E-state index in [-0.39, 0.29) is 11.8 Å². The number of benzene rings is 1. The van der Waals surface area contributed by atoms with Crippen LogP contribution in [0.2, 0.25) is 0 Å². The van der Waals surface area contributed by atoms with Crippen LogP contribution in [0.25, 0.3) is 5.69 Å². The van der Waals surface area contributed by atoms with Crippen LogP contribution < -0.4 is 0 Å². The minimum atomic E-state index is 0.124. The summed E-state index contributed by atoms with van der Waals surface area (Å²) in [4.78, 5) is 14.1. The lowest BCUT2D eigenvalue weighted by molar-refractivity contribution is -0.134. The van der Waals surface area contributed by atoms with Crippen LogP contribution in [0, 0.1) is 5.92 Å². The second kappa shape index (κ2) is 7.07. The number of nitrogens with zero attached hydrogens (tertiary/aromatic N) is 3.